The van der Waals surface area contributed by atoms with E-state index < -0.39 is 12.4 Å². The van der Waals surface area contributed by atoms with E-state index >= 15 is 0 Å². The molecule has 9 nitrogen and oxygen atoms in total. The molecule has 4 aromatic rings. The van der Waals surface area contributed by atoms with Crippen molar-refractivity contribution in [2.75, 3.05) is 10.7 Å². The smallest absolute Gasteiger partial charge is 0.406 e. The van der Waals surface area contributed by atoms with E-state index in [-0.39, 0.29) is 23.5 Å². The summed E-state index contributed by atoms with van der Waals surface area (Å²) in [6, 6.07) is 16.5. The Morgan fingerprint density at radius 1 is 1.11 bits per heavy atom. The molecule has 0 spiro atoms. The second kappa shape index (κ2) is 11.8. The van der Waals surface area contributed by atoms with Gasteiger partial charge < -0.3 is 4.74 Å². The number of carbonyl (C=O) groups is 1. The summed E-state index contributed by atoms with van der Waals surface area (Å²) < 4.78 is 56.6. The molecule has 0 radical (unpaired) electrons. The molecule has 0 saturated carbocycles. The number of hydrogen-bond acceptors (Lipinski definition) is 6. The molecule has 2 unspecified atom stereocenters. The van der Waals surface area contributed by atoms with Gasteiger partial charge in [0.2, 0.25) is 0 Å². The lowest BCUT2D eigenvalue weighted by Crippen LogP contribution is -2.38. The van der Waals surface area contributed by atoms with Gasteiger partial charge in [-0.1, -0.05) is 55.1 Å². The van der Waals surface area contributed by atoms with Gasteiger partial charge in [-0.05, 0) is 54.4 Å². The summed E-state index contributed by atoms with van der Waals surface area (Å²) in [5.74, 6) is 0.517. The Morgan fingerprint density at radius 2 is 1.86 bits per heavy atom. The second-order valence-electron chi connectivity index (χ2n) is 10.1. The Bertz CT molecular complexity index is 1750. The molecule has 2 aliphatic heterocycles. The molecule has 2 atom stereocenters. The normalized spacial score (nSPS) is 17.6. The van der Waals surface area contributed by atoms with E-state index in [0.717, 1.165) is 22.4 Å². The van der Waals surface area contributed by atoms with Crippen molar-refractivity contribution in [3.05, 3.63) is 102 Å². The zero-order valence-corrected chi connectivity index (χ0v) is 24.2. The lowest BCUT2D eigenvalue weighted by molar-refractivity contribution is -0.274. The minimum atomic E-state index is -4.76. The van der Waals surface area contributed by atoms with Crippen LogP contribution in [0.15, 0.2) is 89.8 Å². The number of nitrogens with one attached hydrogen (secondary N) is 2. The third kappa shape index (κ3) is 6.31. The number of carbonyl (C=O) groups excluding carboxylic acids is 1. The summed E-state index contributed by atoms with van der Waals surface area (Å²) in [5.41, 5.74) is 10.3. The topological polar surface area (TPSA) is 96.7 Å². The number of anilines is 1. The van der Waals surface area contributed by atoms with Crippen molar-refractivity contribution in [2.45, 2.75) is 32.2 Å². The van der Waals surface area contributed by atoms with Gasteiger partial charge in [0.1, 0.15) is 17.9 Å². The minimum absolute atomic E-state index is 0.133. The van der Waals surface area contributed by atoms with Crippen LogP contribution in [0.25, 0.3) is 17.1 Å². The van der Waals surface area contributed by atoms with Crippen molar-refractivity contribution in [3.63, 3.8) is 0 Å². The van der Waals surface area contributed by atoms with E-state index in [1.54, 1.807) is 6.07 Å². The van der Waals surface area contributed by atoms with Gasteiger partial charge in [0.25, 0.3) is 0 Å². The Kier molecular flexibility index (Phi) is 7.86. The van der Waals surface area contributed by atoms with Crippen molar-refractivity contribution in [1.29, 1.82) is 0 Å². The molecule has 14 heteroatoms. The van der Waals surface area contributed by atoms with Gasteiger partial charge in [-0.25, -0.2) is 24.3 Å². The fourth-order valence-corrected chi connectivity index (χ4v) is 5.93. The number of halogens is 4. The molecule has 0 bridgehead atoms. The predicted molar refractivity (Wildman–Crippen MR) is 159 cm³/mol. The van der Waals surface area contributed by atoms with Crippen LogP contribution >= 0.6 is 11.8 Å². The maximum atomic E-state index is 14.1. The van der Waals surface area contributed by atoms with Gasteiger partial charge in [-0.15, -0.1) is 18.3 Å². The fraction of sp³-hybridized carbons (Fsp3) is 0.200. The molecule has 3 heterocycles. The van der Waals surface area contributed by atoms with Gasteiger partial charge >= 0.3 is 12.4 Å². The number of allylic oxidation sites excluding steroid dienone is 1. The van der Waals surface area contributed by atoms with Gasteiger partial charge in [-0.3, -0.25) is 10.3 Å². The number of hydrogen-bond donors (Lipinski definition) is 2. The third-order valence-corrected chi connectivity index (χ3v) is 8.05. The number of thioether (sulfide) groups is 1. The predicted octanol–water partition coefficient (Wildman–Crippen LogP) is 6.86. The molecular weight excluding hydrogens is 598 g/mol. The van der Waals surface area contributed by atoms with Crippen LogP contribution < -0.4 is 20.5 Å². The van der Waals surface area contributed by atoms with Crippen LogP contribution in [0.1, 0.15) is 36.9 Å². The van der Waals surface area contributed by atoms with Crippen LogP contribution in [0.5, 0.6) is 5.75 Å². The fourth-order valence-electron chi connectivity index (χ4n) is 4.94. The second-order valence-corrected chi connectivity index (χ2v) is 11.1. The lowest BCUT2D eigenvalue weighted by Gasteiger charge is -2.29. The van der Waals surface area contributed by atoms with Crippen LogP contribution in [-0.4, -0.2) is 38.1 Å². The van der Waals surface area contributed by atoms with Gasteiger partial charge in [0.15, 0.2) is 11.0 Å². The van der Waals surface area contributed by atoms with Crippen molar-refractivity contribution >= 4 is 28.6 Å². The van der Waals surface area contributed by atoms with E-state index in [2.05, 4.69) is 43.7 Å². The van der Waals surface area contributed by atoms with E-state index in [1.807, 2.05) is 36.1 Å². The number of rotatable bonds is 6. The highest BCUT2D eigenvalue weighted by Crippen LogP contribution is 2.43. The number of nitrogens with zero attached hydrogens (tertiary/aromatic N) is 5. The minimum Gasteiger partial charge on any atom is -0.406 e. The number of amidine groups is 1. The van der Waals surface area contributed by atoms with E-state index in [4.69, 9.17) is 0 Å². The largest absolute Gasteiger partial charge is 0.573 e. The van der Waals surface area contributed by atoms with Gasteiger partial charge in [-0.2, -0.15) is 4.99 Å². The highest BCUT2D eigenvalue weighted by Gasteiger charge is 2.34. The van der Waals surface area contributed by atoms with E-state index in [0.29, 0.717) is 28.1 Å². The molecule has 6 rings (SSSR count). The van der Waals surface area contributed by atoms with Crippen molar-refractivity contribution in [1.82, 2.24) is 25.6 Å². The molecule has 2 amide bonds. The number of amides is 2. The molecule has 1 saturated heterocycles. The highest BCUT2D eigenvalue weighted by molar-refractivity contribution is 8.14. The first-order chi connectivity index (χ1) is 21.0. The lowest BCUT2D eigenvalue weighted by atomic mass is 9.94. The average molecular weight is 624 g/mol. The zero-order chi connectivity index (χ0) is 31.0. The first kappa shape index (κ1) is 29.4. The Balaban J connectivity index is 1.07. The van der Waals surface area contributed by atoms with Crippen LogP contribution in [0.3, 0.4) is 0 Å². The van der Waals surface area contributed by atoms with Crippen molar-refractivity contribution in [3.8, 4) is 22.8 Å². The number of aliphatic imine (C=N–C) groups is 1. The Hall–Kier alpha value is -4.69. The summed E-state index contributed by atoms with van der Waals surface area (Å²) >= 11 is 1.42. The standard InChI is InChI=1S/C30H25F4N7O2S/c1-17-13-23-15-44-29(41(23)26-14-21(31)7-12-25(17)26)36-28(42)38-37-18(2)19-3-5-20(6-4-19)27-35-16-40(39-27)22-8-10-24(11-9-22)43-30(32,33)34/h3-14,16-18,37H,15H2,1-2H3,(H,38,42)/b36-29-. The van der Waals surface area contributed by atoms with Crippen LogP contribution in [0, 0.1) is 5.82 Å². The molecule has 3 aromatic carbocycles. The van der Waals surface area contributed by atoms with E-state index in [9.17, 15) is 22.4 Å². The SMILES string of the molecule is CC1C=C2CS/C(=N\C(=O)NNC(C)c3ccc(-c4ncn(-c5ccc(OC(F)(F)F)cc5)n4)cc3)N2c2cc(F)ccc21. The highest BCUT2D eigenvalue weighted by atomic mass is 32.2. The summed E-state index contributed by atoms with van der Waals surface area (Å²) in [5, 5.41) is 4.89. The number of benzene rings is 3. The number of ether oxygens (including phenoxy) is 1. The number of hydrazine groups is 1. The molecule has 1 fully saturated rings. The molecule has 44 heavy (non-hydrogen) atoms. The molecule has 226 valence electrons. The summed E-state index contributed by atoms with van der Waals surface area (Å²) in [4.78, 5) is 23.1. The summed E-state index contributed by atoms with van der Waals surface area (Å²) in [7, 11) is 0. The molecular formula is C30H25F4N7O2S. The van der Waals surface area contributed by atoms with Gasteiger partial charge in [0.05, 0.1) is 11.4 Å². The number of aromatic nitrogens is 3. The van der Waals surface area contributed by atoms with Gasteiger partial charge in [0, 0.05) is 29.0 Å². The summed E-state index contributed by atoms with van der Waals surface area (Å²) in [6.07, 6.45) is -1.20. The average Bonchev–Trinajstić information content (AvgIpc) is 3.63. The summed E-state index contributed by atoms with van der Waals surface area (Å²) in [6.45, 7) is 3.93. The van der Waals surface area contributed by atoms with Crippen LogP contribution in [0.2, 0.25) is 0 Å². The quantitative estimate of drug-likeness (QED) is 0.179. The van der Waals surface area contributed by atoms with Crippen LogP contribution in [-0.2, 0) is 0 Å². The molecule has 0 aliphatic carbocycles. The first-order valence-corrected chi connectivity index (χ1v) is 14.5. The van der Waals surface area contributed by atoms with Crippen LogP contribution in [0.4, 0.5) is 28.0 Å². The van der Waals surface area contributed by atoms with Crippen molar-refractivity contribution in [2.24, 2.45) is 4.99 Å². The Morgan fingerprint density at radius 3 is 2.59 bits per heavy atom. The molecule has 1 aromatic heterocycles. The maximum absolute atomic E-state index is 14.1. The third-order valence-electron chi connectivity index (χ3n) is 7.08. The number of alkyl halides is 3. The Labute approximate surface area is 253 Å². The monoisotopic (exact) mass is 623 g/mol. The number of fused-ring (bicyclic) bond motifs is 3. The first-order valence-electron chi connectivity index (χ1n) is 13.5. The zero-order valence-electron chi connectivity index (χ0n) is 23.3. The maximum Gasteiger partial charge on any atom is 0.573 e. The molecule has 2 N–H and O–H groups in total. The van der Waals surface area contributed by atoms with Crippen molar-refractivity contribution < 1.29 is 27.1 Å². The van der Waals surface area contributed by atoms with E-state index in [1.165, 1.54) is 59.2 Å². The number of urea groups is 1. The molecule has 2 aliphatic rings.